The van der Waals surface area contributed by atoms with Crippen molar-refractivity contribution in [3.63, 3.8) is 0 Å². The van der Waals surface area contributed by atoms with Crippen LogP contribution in [0.15, 0.2) is 18.2 Å². The van der Waals surface area contributed by atoms with Crippen molar-refractivity contribution < 1.29 is 19.3 Å². The maximum absolute atomic E-state index is 12.5. The van der Waals surface area contributed by atoms with Crippen LogP contribution in [0, 0.1) is 6.92 Å². The number of carbonyl (C=O) groups is 2. The summed E-state index contributed by atoms with van der Waals surface area (Å²) in [5.74, 6) is -0.556. The number of ether oxygens (including phenoxy) is 1. The molecule has 0 amide bonds. The van der Waals surface area contributed by atoms with Gasteiger partial charge < -0.3 is 20.7 Å². The lowest BCUT2D eigenvalue weighted by atomic mass is 9.85. The zero-order valence-corrected chi connectivity index (χ0v) is 15.1. The summed E-state index contributed by atoms with van der Waals surface area (Å²) in [6, 6.07) is 4.63. The number of nitrogens with two attached hydrogens (primary N) is 1. The molecule has 24 heavy (non-hydrogen) atoms. The number of Topliss-reactive ketones (excluding diaryl/α,β-unsaturated/α-hetero) is 1. The van der Waals surface area contributed by atoms with Crippen LogP contribution in [0.1, 0.15) is 49.5 Å². The van der Waals surface area contributed by atoms with Crippen molar-refractivity contribution in [2.45, 2.75) is 59.0 Å². The molecular weight excluding hydrogens is 307 g/mol. The fourth-order valence-electron chi connectivity index (χ4n) is 2.39. The molecule has 132 valence electrons. The van der Waals surface area contributed by atoms with Gasteiger partial charge in [-0.25, -0.2) is 0 Å². The lowest BCUT2D eigenvalue weighted by Crippen LogP contribution is -2.43. The Morgan fingerprint density at radius 3 is 2.50 bits per heavy atom. The Bertz CT molecular complexity index is 597. The van der Waals surface area contributed by atoms with E-state index >= 15 is 0 Å². The molecule has 0 spiro atoms. The molecule has 0 aliphatic rings. The van der Waals surface area contributed by atoms with Crippen molar-refractivity contribution in [3.05, 3.63) is 29.3 Å². The number of hydrogen-bond donors (Lipinski definition) is 3. The summed E-state index contributed by atoms with van der Waals surface area (Å²) >= 11 is 0. The van der Waals surface area contributed by atoms with Crippen molar-refractivity contribution in [3.8, 4) is 0 Å². The van der Waals surface area contributed by atoms with Crippen molar-refractivity contribution in [2.24, 2.45) is 0 Å². The third kappa shape index (κ3) is 7.15. The molecule has 7 heteroatoms. The summed E-state index contributed by atoms with van der Waals surface area (Å²) in [4.78, 5) is 24.6. The molecule has 0 unspecified atom stereocenters. The molecule has 0 aliphatic carbocycles. The zero-order valence-electron chi connectivity index (χ0n) is 15.1. The molecule has 1 aromatic carbocycles. The van der Waals surface area contributed by atoms with Gasteiger partial charge in [-0.05, 0) is 52.2 Å². The van der Waals surface area contributed by atoms with Gasteiger partial charge in [0.2, 0.25) is 0 Å². The highest BCUT2D eigenvalue weighted by Gasteiger charge is 2.25. The maximum Gasteiger partial charge on any atom is 0.373 e. The second-order valence-corrected chi connectivity index (χ2v) is 7.03. The van der Waals surface area contributed by atoms with E-state index in [1.165, 1.54) is 0 Å². The van der Waals surface area contributed by atoms with Crippen LogP contribution in [0.2, 0.25) is 6.82 Å². The molecule has 0 aliphatic heterocycles. The van der Waals surface area contributed by atoms with E-state index in [9.17, 15) is 14.6 Å². The third-order valence-corrected chi connectivity index (χ3v) is 3.30. The standard InChI is InChI=1S/C17H27BN2O4/c1-11-6-7-12(19)8-14(11)15(21)9-13(20-18(5)23)10-16(22)24-17(2,3)4/h6-8,13,20,23H,9-10,19H2,1-5H3/t13-/m0/s1. The molecule has 0 aromatic heterocycles. The predicted octanol–water partition coefficient (Wildman–Crippen LogP) is 1.95. The summed E-state index contributed by atoms with van der Waals surface area (Å²) in [5, 5.41) is 12.4. The van der Waals surface area contributed by atoms with Crippen LogP contribution in [-0.4, -0.2) is 35.5 Å². The second kappa shape index (κ2) is 8.30. The molecule has 6 nitrogen and oxygen atoms in total. The van der Waals surface area contributed by atoms with E-state index in [0.717, 1.165) is 5.56 Å². The number of aryl methyl sites for hydroxylation is 1. The van der Waals surface area contributed by atoms with Crippen LogP contribution in [0.4, 0.5) is 5.69 Å². The maximum atomic E-state index is 12.5. The fraction of sp³-hybridized carbons (Fsp3) is 0.529. The normalized spacial score (nSPS) is 12.6. The Hall–Kier alpha value is -1.86. The quantitative estimate of drug-likeness (QED) is 0.305. The first-order valence-corrected chi connectivity index (χ1v) is 8.03. The minimum absolute atomic E-state index is 0.00469. The Balaban J connectivity index is 2.83. The Morgan fingerprint density at radius 2 is 1.96 bits per heavy atom. The molecule has 0 saturated heterocycles. The number of anilines is 1. The number of nitrogen functional groups attached to an aromatic ring is 1. The van der Waals surface area contributed by atoms with Crippen LogP contribution in [0.25, 0.3) is 0 Å². The molecule has 1 aromatic rings. The first-order chi connectivity index (χ1) is 11.0. The average molecular weight is 334 g/mol. The Kier molecular flexibility index (Phi) is 6.99. The molecule has 0 saturated carbocycles. The highest BCUT2D eigenvalue weighted by molar-refractivity contribution is 6.45. The van der Waals surface area contributed by atoms with Gasteiger partial charge in [0.15, 0.2) is 5.78 Å². The molecular formula is C17H27BN2O4. The minimum atomic E-state index is -0.841. The molecule has 0 radical (unpaired) electrons. The average Bonchev–Trinajstić information content (AvgIpc) is 2.38. The van der Waals surface area contributed by atoms with E-state index in [1.54, 1.807) is 45.8 Å². The minimum Gasteiger partial charge on any atom is -0.460 e. The third-order valence-electron chi connectivity index (χ3n) is 3.30. The predicted molar refractivity (Wildman–Crippen MR) is 95.8 cm³/mol. The van der Waals surface area contributed by atoms with E-state index in [1.807, 2.05) is 6.92 Å². The van der Waals surface area contributed by atoms with Gasteiger partial charge in [0.25, 0.3) is 0 Å². The van der Waals surface area contributed by atoms with Gasteiger partial charge >= 0.3 is 13.0 Å². The van der Waals surface area contributed by atoms with Crippen LogP contribution in [0.3, 0.4) is 0 Å². The van der Waals surface area contributed by atoms with Gasteiger partial charge in [-0.1, -0.05) is 6.07 Å². The van der Waals surface area contributed by atoms with E-state index in [-0.39, 0.29) is 18.6 Å². The van der Waals surface area contributed by atoms with Crippen LogP contribution in [-0.2, 0) is 9.53 Å². The first kappa shape index (κ1) is 20.2. The molecule has 0 heterocycles. The van der Waals surface area contributed by atoms with E-state index in [2.05, 4.69) is 5.23 Å². The van der Waals surface area contributed by atoms with Gasteiger partial charge in [-0.2, -0.15) is 0 Å². The number of carbonyl (C=O) groups excluding carboxylic acids is 2. The van der Waals surface area contributed by atoms with Gasteiger partial charge in [0.05, 0.1) is 6.42 Å². The lowest BCUT2D eigenvalue weighted by molar-refractivity contribution is -0.155. The first-order valence-electron chi connectivity index (χ1n) is 8.03. The van der Waals surface area contributed by atoms with Gasteiger partial charge in [0.1, 0.15) is 5.60 Å². The van der Waals surface area contributed by atoms with Gasteiger partial charge in [0, 0.05) is 23.7 Å². The van der Waals surface area contributed by atoms with E-state index in [4.69, 9.17) is 10.5 Å². The summed E-state index contributed by atoms with van der Waals surface area (Å²) in [5.41, 5.74) is 7.01. The number of rotatable bonds is 7. The summed E-state index contributed by atoms with van der Waals surface area (Å²) in [6.45, 7) is 8.71. The van der Waals surface area contributed by atoms with E-state index in [0.29, 0.717) is 11.3 Å². The number of ketones is 1. The van der Waals surface area contributed by atoms with Crippen molar-refractivity contribution in [1.29, 1.82) is 0 Å². The SMILES string of the molecule is CB(O)N[C@H](CC(=O)OC(C)(C)C)CC(=O)c1cc(N)ccc1C. The molecule has 4 N–H and O–H groups in total. The number of hydrogen-bond acceptors (Lipinski definition) is 6. The number of nitrogens with one attached hydrogen (secondary N) is 1. The number of benzene rings is 1. The number of esters is 1. The van der Waals surface area contributed by atoms with Crippen molar-refractivity contribution in [2.75, 3.05) is 5.73 Å². The molecule has 0 fully saturated rings. The van der Waals surface area contributed by atoms with E-state index < -0.39 is 24.7 Å². The van der Waals surface area contributed by atoms with Crippen LogP contribution < -0.4 is 11.0 Å². The van der Waals surface area contributed by atoms with Crippen LogP contribution >= 0.6 is 0 Å². The van der Waals surface area contributed by atoms with Crippen molar-refractivity contribution in [1.82, 2.24) is 5.23 Å². The summed E-state index contributed by atoms with van der Waals surface area (Å²) < 4.78 is 5.29. The summed E-state index contributed by atoms with van der Waals surface area (Å²) in [6.07, 6.45) is 0.0592. The smallest absolute Gasteiger partial charge is 0.373 e. The van der Waals surface area contributed by atoms with Gasteiger partial charge in [-0.15, -0.1) is 0 Å². The molecule has 1 rings (SSSR count). The second-order valence-electron chi connectivity index (χ2n) is 7.03. The van der Waals surface area contributed by atoms with Crippen LogP contribution in [0.5, 0.6) is 0 Å². The fourth-order valence-corrected chi connectivity index (χ4v) is 2.39. The lowest BCUT2D eigenvalue weighted by Gasteiger charge is -2.23. The largest absolute Gasteiger partial charge is 0.460 e. The highest BCUT2D eigenvalue weighted by Crippen LogP contribution is 2.17. The summed E-state index contributed by atoms with van der Waals surface area (Å²) in [7, 11) is -0.841. The Labute approximate surface area is 143 Å². The monoisotopic (exact) mass is 334 g/mol. The Morgan fingerprint density at radius 1 is 1.33 bits per heavy atom. The molecule has 1 atom stereocenters. The molecule has 0 bridgehead atoms. The highest BCUT2D eigenvalue weighted by atomic mass is 16.6. The van der Waals surface area contributed by atoms with Crippen molar-refractivity contribution >= 4 is 24.5 Å². The topological polar surface area (TPSA) is 102 Å². The van der Waals surface area contributed by atoms with Gasteiger partial charge in [-0.3, -0.25) is 9.59 Å². The zero-order chi connectivity index (χ0) is 18.5.